The number of hydrogen-bond acceptors (Lipinski definition) is 2. The minimum atomic E-state index is 0.156. The van der Waals surface area contributed by atoms with Gasteiger partial charge in [-0.1, -0.05) is 35.3 Å². The molecule has 1 aromatic heterocycles. The van der Waals surface area contributed by atoms with Gasteiger partial charge in [0.15, 0.2) is 0 Å². The smallest absolute Gasteiger partial charge is 0.213 e. The molecule has 0 spiro atoms. The average molecular weight is 297 g/mol. The van der Waals surface area contributed by atoms with Crippen molar-refractivity contribution in [2.75, 3.05) is 0 Å². The van der Waals surface area contributed by atoms with E-state index in [0.29, 0.717) is 23.0 Å². The Hall–Kier alpha value is -1.45. The molecule has 1 heterocycles. The van der Waals surface area contributed by atoms with Crippen LogP contribution in [0.4, 0.5) is 0 Å². The summed E-state index contributed by atoms with van der Waals surface area (Å²) in [4.78, 5) is 0. The van der Waals surface area contributed by atoms with E-state index in [1.165, 1.54) is 4.68 Å². The second kappa shape index (κ2) is 5.68. The fourth-order valence-corrected chi connectivity index (χ4v) is 2.39. The summed E-state index contributed by atoms with van der Waals surface area (Å²) in [6.45, 7) is 5.97. The molecule has 0 atom stereocenters. The van der Waals surface area contributed by atoms with E-state index in [1.807, 2.05) is 13.0 Å². The Morgan fingerprint density at radius 3 is 2.79 bits per heavy atom. The predicted octanol–water partition coefficient (Wildman–Crippen LogP) is 3.98. The van der Waals surface area contributed by atoms with Gasteiger partial charge >= 0.3 is 0 Å². The molecule has 100 valence electrons. The van der Waals surface area contributed by atoms with E-state index >= 15 is 0 Å². The highest BCUT2D eigenvalue weighted by Gasteiger charge is 2.15. The molecule has 0 aliphatic rings. The van der Waals surface area contributed by atoms with Crippen molar-refractivity contribution < 1.29 is 5.11 Å². The molecule has 19 heavy (non-hydrogen) atoms. The molecule has 1 aromatic carbocycles. The topological polar surface area (TPSA) is 38.0 Å². The summed E-state index contributed by atoms with van der Waals surface area (Å²) in [7, 11) is 0. The van der Waals surface area contributed by atoms with Crippen LogP contribution in [-0.4, -0.2) is 14.9 Å². The molecule has 3 nitrogen and oxygen atoms in total. The van der Waals surface area contributed by atoms with Gasteiger partial charge in [0.1, 0.15) is 0 Å². The molecule has 0 unspecified atom stereocenters. The molecular formula is C14H14Cl2N2O. The molecule has 0 radical (unpaired) electrons. The summed E-state index contributed by atoms with van der Waals surface area (Å²) < 4.78 is 1.52. The number of allylic oxidation sites excluding steroid dienone is 1. The van der Waals surface area contributed by atoms with Gasteiger partial charge in [0.05, 0.1) is 12.2 Å². The zero-order valence-corrected chi connectivity index (χ0v) is 12.0. The highest BCUT2D eigenvalue weighted by atomic mass is 35.5. The number of halogens is 2. The van der Waals surface area contributed by atoms with Crippen molar-refractivity contribution in [3.8, 4) is 5.88 Å². The third kappa shape index (κ3) is 2.94. The molecule has 1 N–H and O–H groups in total. The minimum absolute atomic E-state index is 0.156. The molecule has 0 aliphatic heterocycles. The van der Waals surface area contributed by atoms with Crippen LogP contribution < -0.4 is 0 Å². The second-order valence-electron chi connectivity index (χ2n) is 4.27. The van der Waals surface area contributed by atoms with Crippen molar-refractivity contribution in [1.82, 2.24) is 9.78 Å². The van der Waals surface area contributed by atoms with Gasteiger partial charge in [-0.25, -0.2) is 4.68 Å². The van der Waals surface area contributed by atoms with E-state index in [1.54, 1.807) is 18.2 Å². The van der Waals surface area contributed by atoms with Gasteiger partial charge in [-0.3, -0.25) is 0 Å². The Bertz CT molecular complexity index is 620. The predicted molar refractivity (Wildman–Crippen MR) is 78.1 cm³/mol. The van der Waals surface area contributed by atoms with Gasteiger partial charge in [-0.2, -0.15) is 5.10 Å². The zero-order chi connectivity index (χ0) is 14.0. The average Bonchev–Trinajstić information content (AvgIpc) is 2.60. The minimum Gasteiger partial charge on any atom is -0.493 e. The van der Waals surface area contributed by atoms with Crippen LogP contribution in [-0.2, 0) is 13.0 Å². The van der Waals surface area contributed by atoms with Crippen molar-refractivity contribution in [2.24, 2.45) is 0 Å². The number of aryl methyl sites for hydroxylation is 1. The molecule has 0 aliphatic carbocycles. The van der Waals surface area contributed by atoms with E-state index in [-0.39, 0.29) is 5.88 Å². The first kappa shape index (κ1) is 14.0. The summed E-state index contributed by atoms with van der Waals surface area (Å²) in [6.07, 6.45) is 2.20. The second-order valence-corrected chi connectivity index (χ2v) is 5.11. The van der Waals surface area contributed by atoms with Crippen molar-refractivity contribution in [3.05, 3.63) is 57.7 Å². The molecule has 5 heteroatoms. The van der Waals surface area contributed by atoms with Crippen LogP contribution in [0.2, 0.25) is 10.0 Å². The van der Waals surface area contributed by atoms with Gasteiger partial charge in [-0.05, 0) is 24.6 Å². The molecule has 0 amide bonds. The lowest BCUT2D eigenvalue weighted by atomic mass is 10.1. The van der Waals surface area contributed by atoms with E-state index < -0.39 is 0 Å². The van der Waals surface area contributed by atoms with Crippen LogP contribution in [0.5, 0.6) is 5.88 Å². The Balaban J connectivity index is 2.35. The SMILES string of the molecule is C=CCn1nc(C)c(Cc2ccc(Cl)cc2Cl)c1O. The Kier molecular flexibility index (Phi) is 4.17. The lowest BCUT2D eigenvalue weighted by Gasteiger charge is -2.05. The fourth-order valence-electron chi connectivity index (χ4n) is 1.92. The summed E-state index contributed by atoms with van der Waals surface area (Å²) in [5.41, 5.74) is 2.46. The lowest BCUT2D eigenvalue weighted by Crippen LogP contribution is -1.96. The first-order chi connectivity index (χ1) is 9.02. The molecule has 0 saturated heterocycles. The van der Waals surface area contributed by atoms with E-state index in [4.69, 9.17) is 23.2 Å². The maximum absolute atomic E-state index is 10.1. The largest absolute Gasteiger partial charge is 0.493 e. The third-order valence-corrected chi connectivity index (χ3v) is 3.49. The van der Waals surface area contributed by atoms with Gasteiger partial charge in [0, 0.05) is 22.0 Å². The van der Waals surface area contributed by atoms with Crippen molar-refractivity contribution in [2.45, 2.75) is 19.9 Å². The summed E-state index contributed by atoms with van der Waals surface area (Å²) in [5.74, 6) is 0.156. The van der Waals surface area contributed by atoms with Gasteiger partial charge in [-0.15, -0.1) is 6.58 Å². The van der Waals surface area contributed by atoms with E-state index in [9.17, 15) is 5.11 Å². The van der Waals surface area contributed by atoms with Crippen LogP contribution in [0.1, 0.15) is 16.8 Å². The number of aromatic hydroxyl groups is 1. The standard InChI is InChI=1S/C14H14Cl2N2O/c1-3-6-18-14(19)12(9(2)17-18)7-10-4-5-11(15)8-13(10)16/h3-5,8,19H,1,6-7H2,2H3. The maximum Gasteiger partial charge on any atom is 0.213 e. The van der Waals surface area contributed by atoms with Crippen molar-refractivity contribution in [3.63, 3.8) is 0 Å². The molecular weight excluding hydrogens is 283 g/mol. The molecule has 0 bridgehead atoms. The lowest BCUT2D eigenvalue weighted by molar-refractivity contribution is 0.407. The highest BCUT2D eigenvalue weighted by molar-refractivity contribution is 6.35. The molecule has 2 rings (SSSR count). The Morgan fingerprint density at radius 1 is 1.42 bits per heavy atom. The van der Waals surface area contributed by atoms with Crippen LogP contribution in [0.15, 0.2) is 30.9 Å². The number of aromatic nitrogens is 2. The van der Waals surface area contributed by atoms with E-state index in [2.05, 4.69) is 11.7 Å². The highest BCUT2D eigenvalue weighted by Crippen LogP contribution is 2.28. The summed E-state index contributed by atoms with van der Waals surface area (Å²) in [6, 6.07) is 5.33. The monoisotopic (exact) mass is 296 g/mol. The van der Waals surface area contributed by atoms with Crippen LogP contribution in [0, 0.1) is 6.92 Å². The quantitative estimate of drug-likeness (QED) is 0.867. The number of nitrogens with zero attached hydrogens (tertiary/aromatic N) is 2. The first-order valence-corrected chi connectivity index (χ1v) is 6.58. The summed E-state index contributed by atoms with van der Waals surface area (Å²) >= 11 is 12.0. The Labute approximate surface area is 122 Å². The number of hydrogen-bond donors (Lipinski definition) is 1. The normalized spacial score (nSPS) is 10.7. The number of benzene rings is 1. The molecule has 0 fully saturated rings. The van der Waals surface area contributed by atoms with Gasteiger partial charge in [0.25, 0.3) is 0 Å². The zero-order valence-electron chi connectivity index (χ0n) is 10.5. The molecule has 0 saturated carbocycles. The van der Waals surface area contributed by atoms with Crippen molar-refractivity contribution in [1.29, 1.82) is 0 Å². The fraction of sp³-hybridized carbons (Fsp3) is 0.214. The van der Waals surface area contributed by atoms with Gasteiger partial charge in [0.2, 0.25) is 5.88 Å². The Morgan fingerprint density at radius 2 is 2.16 bits per heavy atom. The van der Waals surface area contributed by atoms with Crippen molar-refractivity contribution >= 4 is 23.2 Å². The van der Waals surface area contributed by atoms with Crippen LogP contribution in [0.25, 0.3) is 0 Å². The van der Waals surface area contributed by atoms with Gasteiger partial charge < -0.3 is 5.11 Å². The summed E-state index contributed by atoms with van der Waals surface area (Å²) in [5, 5.41) is 15.6. The van der Waals surface area contributed by atoms with Crippen LogP contribution in [0.3, 0.4) is 0 Å². The first-order valence-electron chi connectivity index (χ1n) is 5.83. The number of rotatable bonds is 4. The van der Waals surface area contributed by atoms with E-state index in [0.717, 1.165) is 16.8 Å². The molecule has 2 aromatic rings. The maximum atomic E-state index is 10.1. The third-order valence-electron chi connectivity index (χ3n) is 2.91. The van der Waals surface area contributed by atoms with Crippen LogP contribution >= 0.6 is 23.2 Å².